The number of alkyl halides is 2. The van der Waals surface area contributed by atoms with E-state index in [1.165, 1.54) is 12.3 Å². The van der Waals surface area contributed by atoms with Gasteiger partial charge in [0.25, 0.3) is 0 Å². The van der Waals surface area contributed by atoms with Crippen molar-refractivity contribution in [3.63, 3.8) is 0 Å². The minimum Gasteiger partial charge on any atom is -0.431 e. The molecule has 2 atom stereocenters. The Bertz CT molecular complexity index is 1050. The van der Waals surface area contributed by atoms with Crippen LogP contribution in [0.15, 0.2) is 18.3 Å². The van der Waals surface area contributed by atoms with Crippen LogP contribution in [0.1, 0.15) is 25.7 Å². The lowest BCUT2D eigenvalue weighted by Crippen LogP contribution is -2.55. The predicted octanol–water partition coefficient (Wildman–Crippen LogP) is 2.71. The van der Waals surface area contributed by atoms with E-state index in [4.69, 9.17) is 25.2 Å². The van der Waals surface area contributed by atoms with Gasteiger partial charge in [0.1, 0.15) is 5.82 Å². The van der Waals surface area contributed by atoms with Gasteiger partial charge in [0.05, 0.1) is 37.7 Å². The number of fused-ring (bicyclic) bond motifs is 3. The van der Waals surface area contributed by atoms with E-state index in [1.54, 1.807) is 0 Å². The van der Waals surface area contributed by atoms with Crippen LogP contribution in [0.5, 0.6) is 5.75 Å². The molecule has 5 aliphatic heterocycles. The quantitative estimate of drug-likeness (QED) is 0.701. The molecule has 11 heteroatoms. The smallest absolute Gasteiger partial charge is 0.387 e. The van der Waals surface area contributed by atoms with Crippen molar-refractivity contribution in [2.75, 3.05) is 55.0 Å². The van der Waals surface area contributed by atoms with Crippen LogP contribution in [0.2, 0.25) is 0 Å². The maximum absolute atomic E-state index is 12.9. The van der Waals surface area contributed by atoms with E-state index >= 15 is 0 Å². The second kappa shape index (κ2) is 8.46. The molecule has 182 valence electrons. The molecule has 2 aromatic heterocycles. The molecular weight excluding hydrogens is 446 g/mol. The zero-order chi connectivity index (χ0) is 23.3. The number of ether oxygens (including phenoxy) is 3. The summed E-state index contributed by atoms with van der Waals surface area (Å²) in [6.07, 6.45) is 5.91. The number of hydrogen-bond acceptors (Lipinski definition) is 9. The number of nitrogens with two attached hydrogens (primary N) is 1. The summed E-state index contributed by atoms with van der Waals surface area (Å²) in [6, 6.07) is 3.63. The summed E-state index contributed by atoms with van der Waals surface area (Å²) in [7, 11) is 0. The number of pyridine rings is 1. The summed E-state index contributed by atoms with van der Waals surface area (Å²) in [5, 5.41) is 0. The standard InChI is InChI=1S/C23H28F2N6O3/c24-21(25)34-18-7-14(9-27-20(18)26)17-8-19(31-10-16-2-1-15(31)11-33-16)29-22(28-17)30-5-3-23(4-6-30)12-32-13-23/h7-9,15-16,21H,1-6,10-13H2,(H2,26,27)/t15-,16-/m0/s1. The number of hydrogen-bond donors (Lipinski definition) is 1. The van der Waals surface area contributed by atoms with Gasteiger partial charge in [-0.3, -0.25) is 0 Å². The number of nitrogens with zero attached hydrogens (tertiary/aromatic N) is 5. The van der Waals surface area contributed by atoms with Crippen molar-refractivity contribution in [2.24, 2.45) is 5.41 Å². The van der Waals surface area contributed by atoms with Gasteiger partial charge < -0.3 is 29.7 Å². The molecule has 0 radical (unpaired) electrons. The third kappa shape index (κ3) is 4.00. The number of piperidine rings is 2. The summed E-state index contributed by atoms with van der Waals surface area (Å²) >= 11 is 0. The molecule has 34 heavy (non-hydrogen) atoms. The highest BCUT2D eigenvalue weighted by atomic mass is 19.3. The summed E-state index contributed by atoms with van der Waals surface area (Å²) < 4.78 is 41.6. The molecule has 7 heterocycles. The number of morpholine rings is 1. The Morgan fingerprint density at radius 1 is 1.15 bits per heavy atom. The van der Waals surface area contributed by atoms with Crippen molar-refractivity contribution in [1.82, 2.24) is 15.0 Å². The van der Waals surface area contributed by atoms with Crippen LogP contribution in [0.4, 0.5) is 26.4 Å². The lowest BCUT2D eigenvalue weighted by molar-refractivity contribution is -0.124. The second-order valence-corrected chi connectivity index (χ2v) is 9.72. The van der Waals surface area contributed by atoms with E-state index in [0.29, 0.717) is 29.2 Å². The average molecular weight is 475 g/mol. The Kier molecular flexibility index (Phi) is 5.40. The van der Waals surface area contributed by atoms with Gasteiger partial charge in [0, 0.05) is 42.9 Å². The lowest BCUT2D eigenvalue weighted by atomic mass is 9.77. The fourth-order valence-corrected chi connectivity index (χ4v) is 5.34. The monoisotopic (exact) mass is 474 g/mol. The first-order chi connectivity index (χ1) is 16.5. The molecule has 0 amide bonds. The van der Waals surface area contributed by atoms with Crippen molar-refractivity contribution < 1.29 is 23.0 Å². The molecule has 7 rings (SSSR count). The van der Waals surface area contributed by atoms with Gasteiger partial charge in [0.15, 0.2) is 11.6 Å². The van der Waals surface area contributed by atoms with Crippen molar-refractivity contribution in [3.8, 4) is 17.0 Å². The number of nitrogen functional groups attached to an aromatic ring is 1. The van der Waals surface area contributed by atoms with Crippen LogP contribution in [0.3, 0.4) is 0 Å². The first-order valence-corrected chi connectivity index (χ1v) is 11.8. The highest BCUT2D eigenvalue weighted by molar-refractivity contribution is 5.68. The van der Waals surface area contributed by atoms with Crippen LogP contribution in [0, 0.1) is 5.41 Å². The highest BCUT2D eigenvalue weighted by Gasteiger charge is 2.42. The topological polar surface area (TPSA) is 98.9 Å². The molecule has 2 aromatic rings. The molecule has 0 saturated carbocycles. The summed E-state index contributed by atoms with van der Waals surface area (Å²) in [5.41, 5.74) is 7.19. The number of anilines is 3. The maximum atomic E-state index is 12.9. The Labute approximate surface area is 196 Å². The molecule has 2 N–H and O–H groups in total. The summed E-state index contributed by atoms with van der Waals surface area (Å²) in [5.74, 6) is 1.20. The van der Waals surface area contributed by atoms with Crippen molar-refractivity contribution in [3.05, 3.63) is 18.3 Å². The molecule has 0 aliphatic carbocycles. The van der Waals surface area contributed by atoms with Crippen LogP contribution >= 0.6 is 0 Å². The lowest BCUT2D eigenvalue weighted by Gasteiger charge is -2.47. The van der Waals surface area contributed by atoms with Gasteiger partial charge in [-0.15, -0.1) is 0 Å². The Morgan fingerprint density at radius 2 is 1.97 bits per heavy atom. The van der Waals surface area contributed by atoms with E-state index in [9.17, 15) is 8.78 Å². The Balaban J connectivity index is 1.36. The second-order valence-electron chi connectivity index (χ2n) is 9.72. The number of halogens is 2. The molecule has 5 saturated heterocycles. The van der Waals surface area contributed by atoms with E-state index in [2.05, 4.69) is 19.5 Å². The Morgan fingerprint density at radius 3 is 2.59 bits per heavy atom. The molecule has 5 aliphatic rings. The zero-order valence-electron chi connectivity index (χ0n) is 18.8. The Hall–Kier alpha value is -2.79. The van der Waals surface area contributed by atoms with Crippen molar-refractivity contribution in [2.45, 2.75) is 44.4 Å². The predicted molar refractivity (Wildman–Crippen MR) is 121 cm³/mol. The van der Waals surface area contributed by atoms with E-state index in [1.807, 2.05) is 6.07 Å². The van der Waals surface area contributed by atoms with Crippen molar-refractivity contribution in [1.29, 1.82) is 0 Å². The minimum atomic E-state index is -2.99. The van der Waals surface area contributed by atoms with Crippen LogP contribution in [-0.2, 0) is 9.47 Å². The molecule has 1 spiro atoms. The van der Waals surface area contributed by atoms with Crippen LogP contribution in [-0.4, -0.2) is 73.2 Å². The third-order valence-corrected chi connectivity index (χ3v) is 7.50. The molecule has 0 unspecified atom stereocenters. The van der Waals surface area contributed by atoms with Gasteiger partial charge in [-0.25, -0.2) is 9.97 Å². The summed E-state index contributed by atoms with van der Waals surface area (Å²) in [4.78, 5) is 18.4. The van der Waals surface area contributed by atoms with Crippen molar-refractivity contribution >= 4 is 17.6 Å². The maximum Gasteiger partial charge on any atom is 0.387 e. The number of rotatable bonds is 5. The largest absolute Gasteiger partial charge is 0.431 e. The third-order valence-electron chi connectivity index (χ3n) is 7.50. The number of aromatic nitrogens is 3. The highest BCUT2D eigenvalue weighted by Crippen LogP contribution is 2.40. The fourth-order valence-electron chi connectivity index (χ4n) is 5.34. The average Bonchev–Trinajstić information content (AvgIpc) is 2.84. The van der Waals surface area contributed by atoms with Gasteiger partial charge in [0.2, 0.25) is 5.95 Å². The first-order valence-electron chi connectivity index (χ1n) is 11.8. The van der Waals surface area contributed by atoms with Crippen LogP contribution in [0.25, 0.3) is 11.3 Å². The summed E-state index contributed by atoms with van der Waals surface area (Å²) in [6.45, 7) is 1.82. The van der Waals surface area contributed by atoms with Gasteiger partial charge in [-0.05, 0) is 31.7 Å². The molecule has 9 nitrogen and oxygen atoms in total. The first kappa shape index (κ1) is 21.7. The van der Waals surface area contributed by atoms with Gasteiger partial charge in [-0.1, -0.05) is 0 Å². The molecule has 5 fully saturated rings. The van der Waals surface area contributed by atoms with Gasteiger partial charge in [-0.2, -0.15) is 13.8 Å². The SMILES string of the molecule is Nc1ncc(-c2cc(N3C[C@@H]4CC[C@H]3CO4)nc(N3CCC4(CC3)COC4)n2)cc1OC(F)F. The molecule has 0 aromatic carbocycles. The van der Waals surface area contributed by atoms with E-state index in [0.717, 1.165) is 64.3 Å². The van der Waals surface area contributed by atoms with Crippen LogP contribution < -0.4 is 20.3 Å². The molecular formula is C23H28F2N6O3. The fraction of sp³-hybridized carbons (Fsp3) is 0.609. The normalized spacial score (nSPS) is 25.6. The molecule has 2 bridgehead atoms. The van der Waals surface area contributed by atoms with Gasteiger partial charge >= 0.3 is 6.61 Å². The zero-order valence-corrected chi connectivity index (χ0v) is 18.8. The minimum absolute atomic E-state index is 0.0897. The van der Waals surface area contributed by atoms with E-state index < -0.39 is 6.61 Å². The van der Waals surface area contributed by atoms with E-state index in [-0.39, 0.29) is 23.7 Å².